The molecule has 1 aromatic heterocycles. The number of aliphatic hydroxyl groups excluding tert-OH is 1. The molecular weight excluding hydrogens is 266 g/mol. The van der Waals surface area contributed by atoms with Crippen LogP contribution in [0, 0.1) is 11.8 Å². The fraction of sp³-hybridized carbons (Fsp3) is 0.692. The molecule has 1 saturated carbocycles. The van der Waals surface area contributed by atoms with Crippen LogP contribution in [0.2, 0.25) is 5.15 Å². The molecule has 0 aromatic carbocycles. The van der Waals surface area contributed by atoms with E-state index in [1.54, 1.807) is 7.11 Å². The number of anilines is 1. The second kappa shape index (κ2) is 6.91. The van der Waals surface area contributed by atoms with Gasteiger partial charge in [-0.3, -0.25) is 0 Å². The topological polar surface area (TPSA) is 67.3 Å². The van der Waals surface area contributed by atoms with Crippen LogP contribution in [-0.4, -0.2) is 35.3 Å². The Labute approximate surface area is 118 Å². The lowest BCUT2D eigenvalue weighted by Crippen LogP contribution is -2.29. The lowest BCUT2D eigenvalue weighted by Gasteiger charge is -2.30. The van der Waals surface area contributed by atoms with Gasteiger partial charge in [-0.05, 0) is 24.7 Å². The molecule has 1 aliphatic rings. The summed E-state index contributed by atoms with van der Waals surface area (Å²) in [5.74, 6) is 1.94. The quantitative estimate of drug-likeness (QED) is 0.813. The van der Waals surface area contributed by atoms with Gasteiger partial charge in [0.15, 0.2) is 16.7 Å². The first-order valence-corrected chi connectivity index (χ1v) is 7.03. The highest BCUT2D eigenvalue weighted by atomic mass is 35.5. The van der Waals surface area contributed by atoms with Gasteiger partial charge in [0.2, 0.25) is 0 Å². The van der Waals surface area contributed by atoms with Crippen LogP contribution in [0.1, 0.15) is 25.7 Å². The molecule has 0 radical (unpaired) electrons. The minimum Gasteiger partial charge on any atom is -0.490 e. The molecule has 2 rings (SSSR count). The van der Waals surface area contributed by atoms with E-state index >= 15 is 0 Å². The molecule has 2 N–H and O–H groups in total. The average molecular weight is 286 g/mol. The zero-order valence-electron chi connectivity index (χ0n) is 11.1. The summed E-state index contributed by atoms with van der Waals surface area (Å²) in [5, 5.41) is 13.0. The van der Waals surface area contributed by atoms with Crippen LogP contribution in [0.3, 0.4) is 0 Å². The summed E-state index contributed by atoms with van der Waals surface area (Å²) in [5.41, 5.74) is 0. The lowest BCUT2D eigenvalue weighted by molar-refractivity contribution is 0.141. The second-order valence-electron chi connectivity index (χ2n) is 4.91. The van der Waals surface area contributed by atoms with Crippen molar-refractivity contribution in [1.29, 1.82) is 0 Å². The highest BCUT2D eigenvalue weighted by molar-refractivity contribution is 6.31. The Balaban J connectivity index is 2.00. The highest BCUT2D eigenvalue weighted by Crippen LogP contribution is 2.32. The summed E-state index contributed by atoms with van der Waals surface area (Å²) in [7, 11) is 1.55. The first-order valence-electron chi connectivity index (χ1n) is 6.65. The van der Waals surface area contributed by atoms with Gasteiger partial charge >= 0.3 is 0 Å². The van der Waals surface area contributed by atoms with Crippen LogP contribution in [0.4, 0.5) is 5.82 Å². The maximum absolute atomic E-state index is 9.40. The van der Waals surface area contributed by atoms with Crippen molar-refractivity contribution in [2.75, 3.05) is 25.6 Å². The summed E-state index contributed by atoms with van der Waals surface area (Å²) < 4.78 is 5.20. The fourth-order valence-corrected chi connectivity index (χ4v) is 2.89. The van der Waals surface area contributed by atoms with Crippen molar-refractivity contribution >= 4 is 17.4 Å². The Morgan fingerprint density at radius 1 is 1.37 bits per heavy atom. The number of hydrogen-bond acceptors (Lipinski definition) is 5. The zero-order valence-corrected chi connectivity index (χ0v) is 11.9. The number of hydrogen-bond donors (Lipinski definition) is 2. The third-order valence-corrected chi connectivity index (χ3v) is 4.07. The first-order chi connectivity index (χ1) is 9.26. The molecule has 106 valence electrons. The molecule has 19 heavy (non-hydrogen) atoms. The average Bonchev–Trinajstić information content (AvgIpc) is 2.45. The number of aromatic nitrogens is 2. The van der Waals surface area contributed by atoms with Crippen LogP contribution >= 0.6 is 11.6 Å². The van der Waals surface area contributed by atoms with Crippen molar-refractivity contribution in [3.8, 4) is 5.75 Å². The lowest BCUT2D eigenvalue weighted by atomic mass is 9.79. The molecule has 0 saturated heterocycles. The Morgan fingerprint density at radius 3 is 2.79 bits per heavy atom. The van der Waals surface area contributed by atoms with E-state index in [-0.39, 0.29) is 6.61 Å². The summed E-state index contributed by atoms with van der Waals surface area (Å²) in [6.07, 6.45) is 6.09. The van der Waals surface area contributed by atoms with Crippen LogP contribution in [0.25, 0.3) is 0 Å². The van der Waals surface area contributed by atoms with E-state index in [1.165, 1.54) is 19.2 Å². The maximum Gasteiger partial charge on any atom is 0.198 e. The first kappa shape index (κ1) is 14.3. The summed E-state index contributed by atoms with van der Waals surface area (Å²) in [6, 6.07) is 0. The van der Waals surface area contributed by atoms with E-state index in [4.69, 9.17) is 16.3 Å². The molecule has 0 amide bonds. The summed E-state index contributed by atoms with van der Waals surface area (Å²) >= 11 is 5.95. The Morgan fingerprint density at radius 2 is 2.11 bits per heavy atom. The minimum atomic E-state index is 0.258. The van der Waals surface area contributed by atoms with Crippen molar-refractivity contribution in [3.05, 3.63) is 11.5 Å². The molecule has 1 aromatic rings. The number of aliphatic hydroxyl groups is 1. The van der Waals surface area contributed by atoms with Gasteiger partial charge in [-0.2, -0.15) is 0 Å². The van der Waals surface area contributed by atoms with Crippen molar-refractivity contribution in [1.82, 2.24) is 9.97 Å². The Hall–Kier alpha value is -1.07. The molecule has 1 fully saturated rings. The number of nitrogens with one attached hydrogen (secondary N) is 1. The van der Waals surface area contributed by atoms with E-state index in [2.05, 4.69) is 15.3 Å². The van der Waals surface area contributed by atoms with Crippen molar-refractivity contribution in [2.24, 2.45) is 11.8 Å². The smallest absolute Gasteiger partial charge is 0.198 e. The summed E-state index contributed by atoms with van der Waals surface area (Å²) in [6.45, 7) is 1.03. The minimum absolute atomic E-state index is 0.258. The summed E-state index contributed by atoms with van der Waals surface area (Å²) in [4.78, 5) is 8.04. The molecule has 0 bridgehead atoms. The Kier molecular flexibility index (Phi) is 5.22. The molecule has 0 aliphatic heterocycles. The Bertz CT molecular complexity index is 417. The molecule has 1 heterocycles. The van der Waals surface area contributed by atoms with Gasteiger partial charge in [-0.25, -0.2) is 9.97 Å². The van der Waals surface area contributed by atoms with E-state index in [1.807, 2.05) is 0 Å². The molecule has 2 atom stereocenters. The van der Waals surface area contributed by atoms with Crippen molar-refractivity contribution in [2.45, 2.75) is 25.7 Å². The predicted molar refractivity (Wildman–Crippen MR) is 74.6 cm³/mol. The second-order valence-corrected chi connectivity index (χ2v) is 5.27. The van der Waals surface area contributed by atoms with Crippen molar-refractivity contribution in [3.63, 3.8) is 0 Å². The number of nitrogens with zero attached hydrogens (tertiary/aromatic N) is 2. The molecule has 0 spiro atoms. The van der Waals surface area contributed by atoms with E-state index in [0.29, 0.717) is 28.6 Å². The number of halogens is 1. The third-order valence-electron chi connectivity index (χ3n) is 3.80. The van der Waals surface area contributed by atoms with E-state index < -0.39 is 0 Å². The normalized spacial score (nSPS) is 23.1. The highest BCUT2D eigenvalue weighted by Gasteiger charge is 2.24. The van der Waals surface area contributed by atoms with Crippen LogP contribution < -0.4 is 10.1 Å². The monoisotopic (exact) mass is 285 g/mol. The molecule has 1 aliphatic carbocycles. The van der Waals surface area contributed by atoms with Gasteiger partial charge in [0, 0.05) is 13.2 Å². The van der Waals surface area contributed by atoms with Gasteiger partial charge in [-0.15, -0.1) is 0 Å². The van der Waals surface area contributed by atoms with E-state index in [9.17, 15) is 5.11 Å². The molecule has 6 heteroatoms. The van der Waals surface area contributed by atoms with Gasteiger partial charge < -0.3 is 15.2 Å². The number of ether oxygens (including phenoxy) is 1. The van der Waals surface area contributed by atoms with Crippen LogP contribution in [-0.2, 0) is 0 Å². The van der Waals surface area contributed by atoms with E-state index in [0.717, 1.165) is 19.4 Å². The fourth-order valence-electron chi connectivity index (χ4n) is 2.68. The molecular formula is C13H20ClN3O2. The third kappa shape index (κ3) is 3.48. The number of methoxy groups -OCH3 is 1. The van der Waals surface area contributed by atoms with Crippen LogP contribution in [0.5, 0.6) is 5.75 Å². The van der Waals surface area contributed by atoms with Gasteiger partial charge in [0.05, 0.1) is 7.11 Å². The van der Waals surface area contributed by atoms with Gasteiger partial charge in [0.1, 0.15) is 6.33 Å². The van der Waals surface area contributed by atoms with Crippen molar-refractivity contribution < 1.29 is 9.84 Å². The SMILES string of the molecule is COc1c(Cl)ncnc1NCC1CCCCC1CO. The predicted octanol–water partition coefficient (Wildman–Crippen LogP) is 2.35. The molecule has 2 unspecified atom stereocenters. The largest absolute Gasteiger partial charge is 0.490 e. The number of rotatable bonds is 5. The van der Waals surface area contributed by atoms with Crippen LogP contribution in [0.15, 0.2) is 6.33 Å². The zero-order chi connectivity index (χ0) is 13.7. The van der Waals surface area contributed by atoms with Gasteiger partial charge in [0.25, 0.3) is 0 Å². The van der Waals surface area contributed by atoms with Gasteiger partial charge in [-0.1, -0.05) is 24.4 Å². The molecule has 5 nitrogen and oxygen atoms in total. The maximum atomic E-state index is 9.40. The standard InChI is InChI=1S/C13H20ClN3O2/c1-19-11-12(14)16-8-17-13(11)15-6-9-4-2-3-5-10(9)7-18/h8-10,18H,2-7H2,1H3,(H,15,16,17).